The summed E-state index contributed by atoms with van der Waals surface area (Å²) in [7, 11) is 1.07. The number of anilines is 1. The third kappa shape index (κ3) is 6.58. The fourth-order valence-electron chi connectivity index (χ4n) is 5.45. The lowest BCUT2D eigenvalue weighted by atomic mass is 9.83. The Hall–Kier alpha value is -4.19. The molecule has 5 rings (SSSR count). The SMILES string of the molecule is COC(=O)c1ccc(NC(=O)C(C2CCCCC2)n2c(-c3ccc(Cl)cc3)nc3cc(F)c(F)cc32)c(OC(F)(F)F)c1. The lowest BCUT2D eigenvalue weighted by Gasteiger charge is -2.32. The highest BCUT2D eigenvalue weighted by molar-refractivity contribution is 6.30. The summed E-state index contributed by atoms with van der Waals surface area (Å²) in [6.07, 6.45) is -1.45. The van der Waals surface area contributed by atoms with Crippen LogP contribution in [-0.4, -0.2) is 34.9 Å². The van der Waals surface area contributed by atoms with E-state index >= 15 is 0 Å². The van der Waals surface area contributed by atoms with Gasteiger partial charge in [-0.25, -0.2) is 18.6 Å². The Kier molecular flexibility index (Phi) is 8.59. The number of esters is 1. The quantitative estimate of drug-likeness (QED) is 0.167. The van der Waals surface area contributed by atoms with Crippen LogP contribution in [0, 0.1) is 17.6 Å². The molecule has 0 saturated heterocycles. The molecule has 1 aliphatic carbocycles. The lowest BCUT2D eigenvalue weighted by Crippen LogP contribution is -2.34. The van der Waals surface area contributed by atoms with Crippen molar-refractivity contribution in [2.75, 3.05) is 12.4 Å². The van der Waals surface area contributed by atoms with Crippen LogP contribution in [0.2, 0.25) is 5.02 Å². The molecule has 7 nitrogen and oxygen atoms in total. The molecule has 4 aromatic rings. The Morgan fingerprint density at radius 3 is 2.33 bits per heavy atom. The van der Waals surface area contributed by atoms with Crippen LogP contribution in [0.5, 0.6) is 5.75 Å². The maximum absolute atomic E-state index is 14.6. The molecule has 1 unspecified atom stereocenters. The summed E-state index contributed by atoms with van der Waals surface area (Å²) in [4.78, 5) is 30.7. The Morgan fingerprint density at radius 2 is 1.67 bits per heavy atom. The summed E-state index contributed by atoms with van der Waals surface area (Å²) < 4.78 is 79.1. The van der Waals surface area contributed by atoms with Gasteiger partial charge >= 0.3 is 12.3 Å². The largest absolute Gasteiger partial charge is 0.573 e. The number of alkyl halides is 3. The molecule has 1 fully saturated rings. The first kappa shape index (κ1) is 30.3. The topological polar surface area (TPSA) is 82.5 Å². The van der Waals surface area contributed by atoms with Crippen molar-refractivity contribution in [3.63, 3.8) is 0 Å². The molecule has 1 atom stereocenters. The Morgan fingerprint density at radius 1 is 1.00 bits per heavy atom. The second-order valence-corrected chi connectivity index (χ2v) is 10.6. The van der Waals surface area contributed by atoms with Crippen LogP contribution in [0.1, 0.15) is 48.5 Å². The van der Waals surface area contributed by atoms with Crippen molar-refractivity contribution in [3.05, 3.63) is 76.8 Å². The number of fused-ring (bicyclic) bond motifs is 1. The highest BCUT2D eigenvalue weighted by Crippen LogP contribution is 2.40. The summed E-state index contributed by atoms with van der Waals surface area (Å²) in [6.45, 7) is 0. The number of hydrogen-bond donors (Lipinski definition) is 1. The number of nitrogens with zero attached hydrogens (tertiary/aromatic N) is 2. The van der Waals surface area contributed by atoms with Gasteiger partial charge in [-0.05, 0) is 61.2 Å². The molecule has 0 radical (unpaired) electrons. The Labute approximate surface area is 247 Å². The van der Waals surface area contributed by atoms with Gasteiger partial charge in [-0.15, -0.1) is 13.2 Å². The van der Waals surface area contributed by atoms with E-state index in [0.717, 1.165) is 50.6 Å². The molecule has 1 heterocycles. The smallest absolute Gasteiger partial charge is 0.465 e. The minimum atomic E-state index is -5.14. The number of nitrogens with one attached hydrogen (secondary N) is 1. The van der Waals surface area contributed by atoms with Crippen molar-refractivity contribution in [1.82, 2.24) is 9.55 Å². The Balaban J connectivity index is 1.66. The number of carbonyl (C=O) groups excluding carboxylic acids is 2. The van der Waals surface area contributed by atoms with E-state index in [1.807, 2.05) is 0 Å². The summed E-state index contributed by atoms with van der Waals surface area (Å²) in [5.74, 6) is -4.85. The number of hydrogen-bond acceptors (Lipinski definition) is 5. The summed E-state index contributed by atoms with van der Waals surface area (Å²) in [6, 6.07) is 10.4. The molecule has 13 heteroatoms. The highest BCUT2D eigenvalue weighted by Gasteiger charge is 2.37. The average molecular weight is 622 g/mol. The summed E-state index contributed by atoms with van der Waals surface area (Å²) >= 11 is 6.07. The zero-order chi connectivity index (χ0) is 30.9. The third-order valence-electron chi connectivity index (χ3n) is 7.36. The number of benzene rings is 3. The van der Waals surface area contributed by atoms with E-state index in [1.165, 1.54) is 10.6 Å². The zero-order valence-electron chi connectivity index (χ0n) is 22.7. The van der Waals surface area contributed by atoms with E-state index < -0.39 is 41.7 Å². The van der Waals surface area contributed by atoms with Crippen LogP contribution in [-0.2, 0) is 9.53 Å². The molecule has 0 bridgehead atoms. The van der Waals surface area contributed by atoms with Gasteiger partial charge in [-0.2, -0.15) is 0 Å². The van der Waals surface area contributed by atoms with Crippen LogP contribution >= 0.6 is 11.6 Å². The van der Waals surface area contributed by atoms with E-state index in [4.69, 9.17) is 11.6 Å². The first-order valence-electron chi connectivity index (χ1n) is 13.4. The molecule has 1 amide bonds. The first-order chi connectivity index (χ1) is 20.4. The van der Waals surface area contributed by atoms with Gasteiger partial charge in [0, 0.05) is 22.7 Å². The average Bonchev–Trinajstić information content (AvgIpc) is 3.31. The van der Waals surface area contributed by atoms with E-state index in [2.05, 4.69) is 19.8 Å². The number of carbonyl (C=O) groups is 2. The van der Waals surface area contributed by atoms with Gasteiger partial charge in [0.2, 0.25) is 5.91 Å². The number of amides is 1. The lowest BCUT2D eigenvalue weighted by molar-refractivity contribution is -0.274. The maximum Gasteiger partial charge on any atom is 0.573 e. The molecule has 0 aliphatic heterocycles. The number of halogens is 6. The van der Waals surface area contributed by atoms with Gasteiger partial charge in [-0.1, -0.05) is 30.9 Å². The van der Waals surface area contributed by atoms with E-state index in [0.29, 0.717) is 23.4 Å². The normalized spacial score (nSPS) is 14.9. The molecule has 1 N–H and O–H groups in total. The van der Waals surface area contributed by atoms with Crippen molar-refractivity contribution in [3.8, 4) is 17.1 Å². The van der Waals surface area contributed by atoms with Crippen LogP contribution in [0.15, 0.2) is 54.6 Å². The van der Waals surface area contributed by atoms with E-state index in [1.54, 1.807) is 24.3 Å². The molecule has 1 aliphatic rings. The standard InChI is InChI=1S/C30H25ClF5N3O4/c1-42-29(41)18-9-12-22(25(13-18)43-30(34,35)36)38-28(40)26(16-5-3-2-4-6-16)39-24-15-21(33)20(32)14-23(24)37-27(39)17-7-10-19(31)11-8-17/h7-16,26H,2-6H2,1H3,(H,38,40). The van der Waals surface area contributed by atoms with Gasteiger partial charge in [0.05, 0.1) is 29.4 Å². The second-order valence-electron chi connectivity index (χ2n) is 10.1. The van der Waals surface area contributed by atoms with E-state index in [9.17, 15) is 31.5 Å². The molecular weight excluding hydrogens is 597 g/mol. The maximum atomic E-state index is 14.6. The van der Waals surface area contributed by atoms with Gasteiger partial charge in [0.25, 0.3) is 0 Å². The van der Waals surface area contributed by atoms with E-state index in [-0.39, 0.29) is 34.0 Å². The fourth-order valence-corrected chi connectivity index (χ4v) is 5.58. The molecule has 3 aromatic carbocycles. The summed E-state index contributed by atoms with van der Waals surface area (Å²) in [5, 5.41) is 2.96. The minimum absolute atomic E-state index is 0.0842. The fraction of sp³-hybridized carbons (Fsp3) is 0.300. The molecule has 1 aromatic heterocycles. The number of rotatable bonds is 7. The molecular formula is C30H25ClF5N3O4. The van der Waals surface area contributed by atoms with Gasteiger partial charge < -0.3 is 19.4 Å². The summed E-state index contributed by atoms with van der Waals surface area (Å²) in [5.41, 5.74) is 0.124. The van der Waals surface area contributed by atoms with Gasteiger partial charge in [-0.3, -0.25) is 4.79 Å². The van der Waals surface area contributed by atoms with Crippen molar-refractivity contribution in [1.29, 1.82) is 0 Å². The number of methoxy groups -OCH3 is 1. The zero-order valence-corrected chi connectivity index (χ0v) is 23.4. The monoisotopic (exact) mass is 621 g/mol. The van der Waals surface area contributed by atoms with Crippen LogP contribution in [0.4, 0.5) is 27.6 Å². The predicted octanol–water partition coefficient (Wildman–Crippen LogP) is 8.08. The van der Waals surface area contributed by atoms with Crippen molar-refractivity contribution in [2.24, 2.45) is 5.92 Å². The predicted molar refractivity (Wildman–Crippen MR) is 149 cm³/mol. The number of aromatic nitrogens is 2. The van der Waals surface area contributed by atoms with Crippen molar-refractivity contribution in [2.45, 2.75) is 44.5 Å². The van der Waals surface area contributed by atoms with Gasteiger partial charge in [0.15, 0.2) is 17.4 Å². The van der Waals surface area contributed by atoms with Crippen LogP contribution in [0.25, 0.3) is 22.4 Å². The molecule has 226 valence electrons. The first-order valence-corrected chi connectivity index (χ1v) is 13.7. The van der Waals surface area contributed by atoms with Crippen LogP contribution < -0.4 is 10.1 Å². The second kappa shape index (κ2) is 12.2. The highest BCUT2D eigenvalue weighted by atomic mass is 35.5. The minimum Gasteiger partial charge on any atom is -0.465 e. The molecule has 1 saturated carbocycles. The van der Waals surface area contributed by atoms with Crippen molar-refractivity contribution < 1.29 is 41.0 Å². The number of imidazole rings is 1. The van der Waals surface area contributed by atoms with Crippen LogP contribution in [0.3, 0.4) is 0 Å². The number of ether oxygens (including phenoxy) is 2. The third-order valence-corrected chi connectivity index (χ3v) is 7.62. The Bertz CT molecular complexity index is 1670. The molecule has 0 spiro atoms. The molecule has 43 heavy (non-hydrogen) atoms. The van der Waals surface area contributed by atoms with Gasteiger partial charge in [0.1, 0.15) is 11.9 Å². The van der Waals surface area contributed by atoms with Crippen molar-refractivity contribution >= 4 is 40.2 Å².